The lowest BCUT2D eigenvalue weighted by atomic mass is 10.1. The Bertz CT molecular complexity index is 1530. The highest BCUT2D eigenvalue weighted by atomic mass is 32.2. The molecule has 2 aliphatic heterocycles. The third-order valence-corrected chi connectivity index (χ3v) is 6.56. The van der Waals surface area contributed by atoms with Crippen LogP contribution in [0, 0.1) is 5.82 Å². The number of fused-ring (bicyclic) bond motifs is 1. The first-order chi connectivity index (χ1) is 17.7. The lowest BCUT2D eigenvalue weighted by Gasteiger charge is -2.36. The van der Waals surface area contributed by atoms with E-state index in [-0.39, 0.29) is 48.5 Å². The predicted molar refractivity (Wildman–Crippen MR) is 133 cm³/mol. The predicted octanol–water partition coefficient (Wildman–Crippen LogP) is 1.62. The van der Waals surface area contributed by atoms with Gasteiger partial charge in [0.15, 0.2) is 11.6 Å². The van der Waals surface area contributed by atoms with Gasteiger partial charge in [-0.1, -0.05) is 35.6 Å². The fraction of sp³-hybridized carbons (Fsp3) is 0.304. The molecule has 5 rings (SSSR count). The zero-order chi connectivity index (χ0) is 26.2. The number of amidine groups is 1. The summed E-state index contributed by atoms with van der Waals surface area (Å²) in [5.41, 5.74) is 0.787. The van der Waals surface area contributed by atoms with Crippen molar-refractivity contribution < 1.29 is 22.4 Å². The third-order valence-electron chi connectivity index (χ3n) is 6.06. The van der Waals surface area contributed by atoms with Gasteiger partial charge in [-0.15, -0.1) is 4.40 Å². The maximum absolute atomic E-state index is 14.7. The quantitative estimate of drug-likeness (QED) is 0.230. The van der Waals surface area contributed by atoms with Crippen molar-refractivity contribution in [2.75, 3.05) is 50.5 Å². The van der Waals surface area contributed by atoms with Gasteiger partial charge in [-0.25, -0.2) is 22.8 Å². The lowest BCUT2D eigenvalue weighted by Crippen LogP contribution is -2.52. The van der Waals surface area contributed by atoms with Gasteiger partial charge in [0.25, 0.3) is 21.7 Å². The molecule has 1 amide bonds. The molecule has 0 bridgehead atoms. The molecule has 0 radical (unpaired) electrons. The SMILES string of the molecule is CS(=O)(=O)/N=C(\c1ccccc1)N1CCN(C(=O)C(=O)c2c[nH]c3c(N4CCN=N4)ncc(F)c23)CC1. The molecule has 12 nitrogen and oxygen atoms in total. The normalized spacial score (nSPS) is 16.6. The summed E-state index contributed by atoms with van der Waals surface area (Å²) in [5.74, 6) is -1.77. The van der Waals surface area contributed by atoms with E-state index in [0.29, 0.717) is 24.5 Å². The van der Waals surface area contributed by atoms with E-state index in [1.807, 2.05) is 6.07 Å². The van der Waals surface area contributed by atoms with Gasteiger partial charge in [0.2, 0.25) is 0 Å². The summed E-state index contributed by atoms with van der Waals surface area (Å²) >= 11 is 0. The van der Waals surface area contributed by atoms with E-state index in [2.05, 4.69) is 24.7 Å². The molecule has 0 saturated carbocycles. The van der Waals surface area contributed by atoms with E-state index in [1.165, 1.54) is 16.1 Å². The van der Waals surface area contributed by atoms with Gasteiger partial charge in [0.1, 0.15) is 5.84 Å². The average molecular weight is 527 g/mol. The van der Waals surface area contributed by atoms with Gasteiger partial charge in [0.05, 0.1) is 42.0 Å². The van der Waals surface area contributed by atoms with E-state index >= 15 is 0 Å². The number of benzene rings is 1. The minimum atomic E-state index is -3.68. The number of rotatable bonds is 5. The number of sulfonamides is 1. The van der Waals surface area contributed by atoms with Crippen LogP contribution in [0.3, 0.4) is 0 Å². The van der Waals surface area contributed by atoms with Crippen molar-refractivity contribution in [3.05, 3.63) is 59.7 Å². The van der Waals surface area contributed by atoms with Crippen LogP contribution in [0.5, 0.6) is 0 Å². The maximum atomic E-state index is 14.7. The number of carbonyl (C=O) groups is 2. The van der Waals surface area contributed by atoms with Crippen LogP contribution in [-0.4, -0.2) is 91.2 Å². The van der Waals surface area contributed by atoms with Crippen LogP contribution < -0.4 is 5.01 Å². The molecule has 0 unspecified atom stereocenters. The smallest absolute Gasteiger partial charge is 0.295 e. The second-order valence-corrected chi connectivity index (χ2v) is 10.2. The number of aromatic amines is 1. The highest BCUT2D eigenvalue weighted by molar-refractivity contribution is 7.89. The molecule has 192 valence electrons. The Morgan fingerprint density at radius 3 is 2.41 bits per heavy atom. The van der Waals surface area contributed by atoms with Crippen LogP contribution in [0.2, 0.25) is 0 Å². The van der Waals surface area contributed by atoms with E-state index < -0.39 is 27.5 Å². The topological polar surface area (TPSA) is 144 Å². The lowest BCUT2D eigenvalue weighted by molar-refractivity contribution is -0.127. The summed E-state index contributed by atoms with van der Waals surface area (Å²) in [6.45, 7) is 1.78. The van der Waals surface area contributed by atoms with Gasteiger partial charge in [0, 0.05) is 37.9 Å². The second kappa shape index (κ2) is 9.69. The third kappa shape index (κ3) is 4.91. The Morgan fingerprint density at radius 1 is 1.05 bits per heavy atom. The number of H-pyrrole nitrogens is 1. The number of amides is 1. The van der Waals surface area contributed by atoms with E-state index in [4.69, 9.17) is 0 Å². The Morgan fingerprint density at radius 2 is 1.76 bits per heavy atom. The van der Waals surface area contributed by atoms with E-state index in [1.54, 1.807) is 29.2 Å². The molecule has 1 N–H and O–H groups in total. The molecule has 37 heavy (non-hydrogen) atoms. The number of ketones is 1. The number of pyridine rings is 1. The summed E-state index contributed by atoms with van der Waals surface area (Å²) in [4.78, 5) is 36.3. The number of halogens is 1. The van der Waals surface area contributed by atoms with Crippen LogP contribution >= 0.6 is 0 Å². The Labute approximate surface area is 211 Å². The number of carbonyl (C=O) groups excluding carboxylic acids is 2. The van der Waals surface area contributed by atoms with E-state index in [0.717, 1.165) is 12.5 Å². The Balaban J connectivity index is 1.35. The fourth-order valence-electron chi connectivity index (χ4n) is 4.34. The Kier molecular flexibility index (Phi) is 6.41. The summed E-state index contributed by atoms with van der Waals surface area (Å²) in [7, 11) is -3.68. The number of aromatic nitrogens is 2. The number of hydrogen-bond donors (Lipinski definition) is 1. The highest BCUT2D eigenvalue weighted by Gasteiger charge is 2.31. The summed E-state index contributed by atoms with van der Waals surface area (Å²) in [6, 6.07) is 8.87. The van der Waals surface area contributed by atoms with Crippen LogP contribution in [0.4, 0.5) is 10.2 Å². The summed E-state index contributed by atoms with van der Waals surface area (Å²) < 4.78 is 42.5. The first-order valence-corrected chi connectivity index (χ1v) is 13.3. The number of hydrogen-bond acceptors (Lipinski definition) is 8. The van der Waals surface area contributed by atoms with Crippen molar-refractivity contribution in [3.63, 3.8) is 0 Å². The molecule has 2 aliphatic rings. The van der Waals surface area contributed by atoms with Crippen LogP contribution in [0.15, 0.2) is 57.5 Å². The van der Waals surface area contributed by atoms with Gasteiger partial charge < -0.3 is 14.8 Å². The largest absolute Gasteiger partial charge is 0.357 e. The zero-order valence-corrected chi connectivity index (χ0v) is 20.7. The monoisotopic (exact) mass is 526 g/mol. The van der Waals surface area contributed by atoms with Crippen molar-refractivity contribution in [2.24, 2.45) is 14.7 Å². The molecule has 4 heterocycles. The average Bonchev–Trinajstić information content (AvgIpc) is 3.58. The molecular weight excluding hydrogens is 503 g/mol. The molecule has 0 atom stereocenters. The minimum Gasteiger partial charge on any atom is -0.357 e. The summed E-state index contributed by atoms with van der Waals surface area (Å²) in [5, 5.41) is 9.31. The number of anilines is 1. The van der Waals surface area contributed by atoms with Crippen molar-refractivity contribution in [1.82, 2.24) is 19.8 Å². The molecular formula is C23H23FN8O4S. The van der Waals surface area contributed by atoms with E-state index in [9.17, 15) is 22.4 Å². The molecule has 2 aromatic heterocycles. The van der Waals surface area contributed by atoms with Crippen LogP contribution in [0.25, 0.3) is 10.9 Å². The molecule has 14 heteroatoms. The molecule has 0 spiro atoms. The first kappa shape index (κ1) is 24.5. The van der Waals surface area contributed by atoms with Crippen molar-refractivity contribution in [3.8, 4) is 0 Å². The van der Waals surface area contributed by atoms with Gasteiger partial charge in [-0.2, -0.15) is 5.11 Å². The van der Waals surface area contributed by atoms with Crippen molar-refractivity contribution >= 4 is 44.3 Å². The summed E-state index contributed by atoms with van der Waals surface area (Å²) in [6.07, 6.45) is 3.31. The number of nitrogens with one attached hydrogen (secondary N) is 1. The van der Waals surface area contributed by atoms with Crippen molar-refractivity contribution in [1.29, 1.82) is 0 Å². The fourth-order valence-corrected chi connectivity index (χ4v) is 4.88. The van der Waals surface area contributed by atoms with Crippen molar-refractivity contribution in [2.45, 2.75) is 0 Å². The second-order valence-electron chi connectivity index (χ2n) is 8.58. The molecule has 3 aromatic rings. The number of nitrogens with zero attached hydrogens (tertiary/aromatic N) is 7. The maximum Gasteiger partial charge on any atom is 0.295 e. The highest BCUT2D eigenvalue weighted by Crippen LogP contribution is 2.30. The molecule has 0 aliphatic carbocycles. The number of piperazine rings is 1. The van der Waals surface area contributed by atoms with Crippen LogP contribution in [0.1, 0.15) is 15.9 Å². The standard InChI is InChI=1S/C23H23FN8O4S/c1-37(35,36)28-21(15-5-3-2-4-6-15)30-9-11-31(12-10-30)23(34)20(33)16-13-25-19-18(16)17(24)14-26-22(19)32-8-7-27-29-32/h2-6,13-14,25H,7-12H2,1H3/b28-21+. The number of Topliss-reactive ketones (excluding diaryl/α,β-unsaturated/α-hetero) is 1. The first-order valence-electron chi connectivity index (χ1n) is 11.5. The molecule has 1 saturated heterocycles. The zero-order valence-electron chi connectivity index (χ0n) is 19.8. The van der Waals surface area contributed by atoms with Crippen LogP contribution in [-0.2, 0) is 14.8 Å². The van der Waals surface area contributed by atoms with Gasteiger partial charge in [-0.05, 0) is 0 Å². The van der Waals surface area contributed by atoms with Gasteiger partial charge in [-0.3, -0.25) is 9.59 Å². The minimum absolute atomic E-state index is 0.0317. The molecule has 1 aromatic carbocycles. The van der Waals surface area contributed by atoms with Gasteiger partial charge >= 0.3 is 0 Å². The Hall–Kier alpha value is -4.20. The molecule has 1 fully saturated rings.